The van der Waals surface area contributed by atoms with Crippen LogP contribution in [-0.2, 0) is 4.74 Å². The lowest BCUT2D eigenvalue weighted by Crippen LogP contribution is -2.35. The molecular formula is C14H24N2O. The van der Waals surface area contributed by atoms with Gasteiger partial charge in [0.1, 0.15) is 0 Å². The zero-order valence-electron chi connectivity index (χ0n) is 11.2. The first kappa shape index (κ1) is 14.0. The molecule has 3 heteroatoms. The van der Waals surface area contributed by atoms with E-state index >= 15 is 0 Å². The Morgan fingerprint density at radius 1 is 1.18 bits per heavy atom. The van der Waals surface area contributed by atoms with Crippen LogP contribution in [0.5, 0.6) is 0 Å². The number of ether oxygens (including phenoxy) is 1. The molecule has 1 saturated heterocycles. The fourth-order valence-corrected chi connectivity index (χ4v) is 1.64. The Hall–Kier alpha value is -1.06. The number of hydrogen-bond donors (Lipinski definition) is 1. The van der Waals surface area contributed by atoms with Gasteiger partial charge in [-0.05, 0) is 25.6 Å². The minimum absolute atomic E-state index is 0.924. The maximum atomic E-state index is 5.16. The molecule has 0 amide bonds. The Labute approximate surface area is 105 Å². The van der Waals surface area contributed by atoms with Crippen LogP contribution in [0.1, 0.15) is 12.5 Å². The first-order valence-electron chi connectivity index (χ1n) is 6.30. The second kappa shape index (κ2) is 8.09. The molecule has 1 aromatic carbocycles. The number of nitrogens with zero attached hydrogens (tertiary/aromatic N) is 1. The van der Waals surface area contributed by atoms with Gasteiger partial charge in [-0.3, -0.25) is 4.90 Å². The summed E-state index contributed by atoms with van der Waals surface area (Å²) >= 11 is 0. The average Bonchev–Trinajstić information content (AvgIpc) is 2.41. The number of nitrogens with one attached hydrogen (secondary N) is 1. The second-order valence-electron chi connectivity index (χ2n) is 4.16. The van der Waals surface area contributed by atoms with Crippen LogP contribution in [0.25, 0.3) is 0 Å². The molecule has 1 fully saturated rings. The lowest BCUT2D eigenvalue weighted by Gasteiger charge is -2.24. The zero-order valence-corrected chi connectivity index (χ0v) is 11.2. The summed E-state index contributed by atoms with van der Waals surface area (Å²) in [6.07, 6.45) is 0. The van der Waals surface area contributed by atoms with Gasteiger partial charge >= 0.3 is 0 Å². The van der Waals surface area contributed by atoms with Crippen LogP contribution in [0, 0.1) is 6.92 Å². The average molecular weight is 236 g/mol. The first-order chi connectivity index (χ1) is 8.26. The minimum atomic E-state index is 0.924. The van der Waals surface area contributed by atoms with Gasteiger partial charge in [0.05, 0.1) is 13.2 Å². The monoisotopic (exact) mass is 236 g/mol. The quantitative estimate of drug-likeness (QED) is 0.853. The van der Waals surface area contributed by atoms with E-state index < -0.39 is 0 Å². The van der Waals surface area contributed by atoms with Crippen molar-refractivity contribution >= 4 is 5.69 Å². The highest BCUT2D eigenvalue weighted by Gasteiger charge is 2.05. The fraction of sp³-hybridized carbons (Fsp3) is 0.571. The van der Waals surface area contributed by atoms with Gasteiger partial charge in [-0.2, -0.15) is 0 Å². The number of likely N-dealkylation sites (N-methyl/N-ethyl adjacent to an activating group) is 1. The van der Waals surface area contributed by atoms with Gasteiger partial charge in [-0.15, -0.1) is 0 Å². The molecule has 0 spiro atoms. The summed E-state index contributed by atoms with van der Waals surface area (Å²) in [7, 11) is 1.92. The van der Waals surface area contributed by atoms with Crippen LogP contribution in [0.3, 0.4) is 0 Å². The van der Waals surface area contributed by atoms with Crippen molar-refractivity contribution in [3.63, 3.8) is 0 Å². The molecule has 1 N–H and O–H groups in total. The van der Waals surface area contributed by atoms with E-state index in [4.69, 9.17) is 4.74 Å². The van der Waals surface area contributed by atoms with E-state index in [9.17, 15) is 0 Å². The van der Waals surface area contributed by atoms with Crippen LogP contribution in [0.15, 0.2) is 24.3 Å². The summed E-state index contributed by atoms with van der Waals surface area (Å²) < 4.78 is 5.16. The molecule has 0 unspecified atom stereocenters. The lowest BCUT2D eigenvalue weighted by molar-refractivity contribution is 0.0405. The maximum absolute atomic E-state index is 5.16. The topological polar surface area (TPSA) is 24.5 Å². The number of hydrogen-bond acceptors (Lipinski definition) is 3. The van der Waals surface area contributed by atoms with Crippen molar-refractivity contribution < 1.29 is 4.74 Å². The summed E-state index contributed by atoms with van der Waals surface area (Å²) in [4.78, 5) is 2.39. The Balaban J connectivity index is 0.000000171. The molecule has 2 rings (SSSR count). The standard InChI is InChI=1S/C8H11N.C6H13NO/c1-7-3-5-8(9-2)6-4-7;1-2-7-3-5-8-6-4-7/h3-6,9H,1-2H3;2-6H2,1H3. The molecule has 1 aliphatic heterocycles. The maximum Gasteiger partial charge on any atom is 0.0594 e. The van der Waals surface area contributed by atoms with Crippen molar-refractivity contribution in [2.75, 3.05) is 45.2 Å². The summed E-state index contributed by atoms with van der Waals surface area (Å²) in [6.45, 7) is 9.53. The molecule has 0 atom stereocenters. The number of anilines is 1. The van der Waals surface area contributed by atoms with Gasteiger partial charge in [0.2, 0.25) is 0 Å². The number of aryl methyl sites for hydroxylation is 1. The Morgan fingerprint density at radius 3 is 2.18 bits per heavy atom. The number of morpholine rings is 1. The Morgan fingerprint density at radius 2 is 1.76 bits per heavy atom. The van der Waals surface area contributed by atoms with Crippen molar-refractivity contribution in [2.24, 2.45) is 0 Å². The first-order valence-corrected chi connectivity index (χ1v) is 6.30. The van der Waals surface area contributed by atoms with E-state index in [2.05, 4.69) is 48.3 Å². The Bertz CT molecular complexity index is 292. The highest BCUT2D eigenvalue weighted by Crippen LogP contribution is 2.06. The molecule has 3 nitrogen and oxygen atoms in total. The van der Waals surface area contributed by atoms with Gasteiger partial charge in [0.15, 0.2) is 0 Å². The molecule has 0 aliphatic carbocycles. The van der Waals surface area contributed by atoms with E-state index in [1.54, 1.807) is 0 Å². The normalized spacial score (nSPS) is 15.9. The van der Waals surface area contributed by atoms with Crippen LogP contribution >= 0.6 is 0 Å². The van der Waals surface area contributed by atoms with E-state index in [1.807, 2.05) is 7.05 Å². The van der Waals surface area contributed by atoms with Crippen molar-refractivity contribution in [1.82, 2.24) is 4.90 Å². The van der Waals surface area contributed by atoms with E-state index in [0.717, 1.165) is 26.3 Å². The molecule has 1 aromatic rings. The molecule has 0 bridgehead atoms. The van der Waals surface area contributed by atoms with Crippen molar-refractivity contribution in [2.45, 2.75) is 13.8 Å². The third-order valence-electron chi connectivity index (χ3n) is 2.89. The molecule has 96 valence electrons. The van der Waals surface area contributed by atoms with Gasteiger partial charge in [0, 0.05) is 25.8 Å². The molecule has 0 aromatic heterocycles. The molecule has 0 saturated carbocycles. The second-order valence-corrected chi connectivity index (χ2v) is 4.16. The third-order valence-corrected chi connectivity index (χ3v) is 2.89. The minimum Gasteiger partial charge on any atom is -0.388 e. The molecule has 0 radical (unpaired) electrons. The summed E-state index contributed by atoms with van der Waals surface area (Å²) in [6, 6.07) is 8.31. The number of benzene rings is 1. The van der Waals surface area contributed by atoms with Gasteiger partial charge in [0.25, 0.3) is 0 Å². The van der Waals surface area contributed by atoms with Crippen molar-refractivity contribution in [1.29, 1.82) is 0 Å². The Kier molecular flexibility index (Phi) is 6.67. The highest BCUT2D eigenvalue weighted by atomic mass is 16.5. The van der Waals surface area contributed by atoms with Gasteiger partial charge in [-0.25, -0.2) is 0 Å². The van der Waals surface area contributed by atoms with Crippen LogP contribution < -0.4 is 5.32 Å². The van der Waals surface area contributed by atoms with Crippen molar-refractivity contribution in [3.05, 3.63) is 29.8 Å². The van der Waals surface area contributed by atoms with Crippen LogP contribution in [0.2, 0.25) is 0 Å². The predicted molar refractivity (Wildman–Crippen MR) is 73.7 cm³/mol. The predicted octanol–water partition coefficient (Wildman–Crippen LogP) is 2.38. The summed E-state index contributed by atoms with van der Waals surface area (Å²) in [5.74, 6) is 0. The van der Waals surface area contributed by atoms with Gasteiger partial charge < -0.3 is 10.1 Å². The zero-order chi connectivity index (χ0) is 12.5. The molecule has 1 aliphatic rings. The highest BCUT2D eigenvalue weighted by molar-refractivity contribution is 5.43. The molecule has 1 heterocycles. The fourth-order valence-electron chi connectivity index (χ4n) is 1.64. The van der Waals surface area contributed by atoms with Crippen LogP contribution in [0.4, 0.5) is 5.69 Å². The van der Waals surface area contributed by atoms with E-state index in [0.29, 0.717) is 0 Å². The van der Waals surface area contributed by atoms with Crippen molar-refractivity contribution in [3.8, 4) is 0 Å². The largest absolute Gasteiger partial charge is 0.388 e. The van der Waals surface area contributed by atoms with Crippen LogP contribution in [-0.4, -0.2) is 44.8 Å². The van der Waals surface area contributed by atoms with E-state index in [-0.39, 0.29) is 0 Å². The summed E-state index contributed by atoms with van der Waals surface area (Å²) in [5, 5.41) is 3.05. The molecule has 17 heavy (non-hydrogen) atoms. The van der Waals surface area contributed by atoms with Gasteiger partial charge in [-0.1, -0.05) is 24.6 Å². The molecular weight excluding hydrogens is 212 g/mol. The number of rotatable bonds is 2. The smallest absolute Gasteiger partial charge is 0.0594 e. The lowest BCUT2D eigenvalue weighted by atomic mass is 10.2. The van der Waals surface area contributed by atoms with E-state index in [1.165, 1.54) is 17.8 Å². The SMILES string of the molecule is CCN1CCOCC1.CNc1ccc(C)cc1. The summed E-state index contributed by atoms with van der Waals surface area (Å²) in [5.41, 5.74) is 2.47. The third kappa shape index (κ3) is 5.71.